The Labute approximate surface area is 126 Å². The van der Waals surface area contributed by atoms with Crippen LogP contribution in [0.5, 0.6) is 0 Å². The summed E-state index contributed by atoms with van der Waals surface area (Å²) in [6, 6.07) is 10.8. The van der Waals surface area contributed by atoms with Gasteiger partial charge in [-0.15, -0.1) is 0 Å². The van der Waals surface area contributed by atoms with Crippen LogP contribution in [0.1, 0.15) is 31.7 Å². The number of benzene rings is 1. The summed E-state index contributed by atoms with van der Waals surface area (Å²) >= 11 is 0. The standard InChI is InChI=1S/C17H23N3O/c1-13(19-15-8-10-20(2)11-9-15)17-18-12-16(21-17)14-6-4-3-5-7-14/h3-7,12-13,15,19H,8-11H2,1-2H3. The summed E-state index contributed by atoms with van der Waals surface area (Å²) in [5, 5.41) is 3.64. The van der Waals surface area contributed by atoms with Crippen LogP contribution in [0, 0.1) is 0 Å². The molecule has 0 saturated carbocycles. The van der Waals surface area contributed by atoms with E-state index in [1.54, 1.807) is 0 Å². The van der Waals surface area contributed by atoms with Crippen LogP contribution < -0.4 is 5.32 Å². The molecule has 1 aromatic heterocycles. The highest BCUT2D eigenvalue weighted by Gasteiger charge is 2.21. The number of piperidine rings is 1. The van der Waals surface area contributed by atoms with E-state index in [9.17, 15) is 0 Å². The van der Waals surface area contributed by atoms with Gasteiger partial charge in [0.05, 0.1) is 12.2 Å². The van der Waals surface area contributed by atoms with Gasteiger partial charge in [-0.1, -0.05) is 30.3 Å². The van der Waals surface area contributed by atoms with E-state index in [1.807, 2.05) is 36.5 Å². The second-order valence-corrected chi connectivity index (χ2v) is 5.89. The Kier molecular flexibility index (Phi) is 4.36. The molecule has 1 saturated heterocycles. The molecule has 0 spiro atoms. The quantitative estimate of drug-likeness (QED) is 0.937. The normalized spacial score (nSPS) is 18.8. The molecule has 112 valence electrons. The summed E-state index contributed by atoms with van der Waals surface area (Å²) in [7, 11) is 2.18. The fourth-order valence-electron chi connectivity index (χ4n) is 2.82. The lowest BCUT2D eigenvalue weighted by Crippen LogP contribution is -2.41. The average molecular weight is 285 g/mol. The van der Waals surface area contributed by atoms with Crippen molar-refractivity contribution < 1.29 is 4.42 Å². The van der Waals surface area contributed by atoms with E-state index >= 15 is 0 Å². The lowest BCUT2D eigenvalue weighted by molar-refractivity contribution is 0.221. The van der Waals surface area contributed by atoms with Crippen molar-refractivity contribution in [2.24, 2.45) is 0 Å². The number of aromatic nitrogens is 1. The van der Waals surface area contributed by atoms with E-state index in [1.165, 1.54) is 12.8 Å². The second kappa shape index (κ2) is 6.41. The van der Waals surface area contributed by atoms with Crippen molar-refractivity contribution in [1.29, 1.82) is 0 Å². The minimum Gasteiger partial charge on any atom is -0.439 e. The first-order chi connectivity index (χ1) is 10.2. The van der Waals surface area contributed by atoms with E-state index in [-0.39, 0.29) is 6.04 Å². The maximum atomic E-state index is 5.91. The van der Waals surface area contributed by atoms with E-state index in [0.29, 0.717) is 6.04 Å². The van der Waals surface area contributed by atoms with Crippen LogP contribution >= 0.6 is 0 Å². The Balaban J connectivity index is 1.63. The van der Waals surface area contributed by atoms with Crippen molar-refractivity contribution in [3.05, 3.63) is 42.4 Å². The van der Waals surface area contributed by atoms with E-state index in [2.05, 4.69) is 29.2 Å². The molecule has 2 heterocycles. The third-order valence-electron chi connectivity index (χ3n) is 4.16. The first-order valence-corrected chi connectivity index (χ1v) is 7.68. The number of hydrogen-bond donors (Lipinski definition) is 1. The van der Waals surface area contributed by atoms with Gasteiger partial charge >= 0.3 is 0 Å². The van der Waals surface area contributed by atoms with Crippen molar-refractivity contribution in [2.75, 3.05) is 20.1 Å². The topological polar surface area (TPSA) is 41.3 Å². The van der Waals surface area contributed by atoms with Gasteiger partial charge in [0, 0.05) is 11.6 Å². The van der Waals surface area contributed by atoms with Crippen LogP contribution in [0.2, 0.25) is 0 Å². The summed E-state index contributed by atoms with van der Waals surface area (Å²) < 4.78 is 5.91. The molecule has 3 rings (SSSR count). The van der Waals surface area contributed by atoms with E-state index in [4.69, 9.17) is 4.42 Å². The molecule has 0 amide bonds. The molecular formula is C17H23N3O. The summed E-state index contributed by atoms with van der Waals surface area (Å²) in [5.41, 5.74) is 1.07. The predicted octanol–water partition coefficient (Wildman–Crippen LogP) is 3.09. The maximum absolute atomic E-state index is 5.91. The van der Waals surface area contributed by atoms with Crippen LogP contribution in [0.15, 0.2) is 40.9 Å². The van der Waals surface area contributed by atoms with Gasteiger partial charge in [-0.2, -0.15) is 0 Å². The Hall–Kier alpha value is -1.65. The summed E-state index contributed by atoms with van der Waals surface area (Å²) in [5.74, 6) is 1.61. The van der Waals surface area contributed by atoms with Gasteiger partial charge in [-0.25, -0.2) is 4.98 Å². The zero-order valence-electron chi connectivity index (χ0n) is 12.7. The number of nitrogens with one attached hydrogen (secondary N) is 1. The molecule has 0 bridgehead atoms. The monoisotopic (exact) mass is 285 g/mol. The van der Waals surface area contributed by atoms with Crippen LogP contribution in [0.3, 0.4) is 0 Å². The number of rotatable bonds is 4. The summed E-state index contributed by atoms with van der Waals surface area (Å²) in [4.78, 5) is 6.81. The van der Waals surface area contributed by atoms with Gasteiger partial charge in [-0.3, -0.25) is 0 Å². The Morgan fingerprint density at radius 3 is 2.67 bits per heavy atom. The smallest absolute Gasteiger partial charge is 0.211 e. The van der Waals surface area contributed by atoms with E-state index in [0.717, 1.165) is 30.3 Å². The van der Waals surface area contributed by atoms with Crippen molar-refractivity contribution in [3.8, 4) is 11.3 Å². The first-order valence-electron chi connectivity index (χ1n) is 7.68. The molecule has 1 aliphatic rings. The Bertz CT molecular complexity index is 558. The van der Waals surface area contributed by atoms with Crippen LogP contribution in [0.4, 0.5) is 0 Å². The summed E-state index contributed by atoms with van der Waals surface area (Å²) in [6.45, 7) is 4.44. The van der Waals surface area contributed by atoms with E-state index < -0.39 is 0 Å². The first kappa shape index (κ1) is 14.3. The molecule has 0 radical (unpaired) electrons. The van der Waals surface area contributed by atoms with Crippen molar-refractivity contribution in [1.82, 2.24) is 15.2 Å². The number of nitrogens with zero attached hydrogens (tertiary/aromatic N) is 2. The average Bonchev–Trinajstić information content (AvgIpc) is 3.00. The fraction of sp³-hybridized carbons (Fsp3) is 0.471. The minimum absolute atomic E-state index is 0.149. The molecule has 4 heteroatoms. The largest absolute Gasteiger partial charge is 0.439 e. The number of oxazole rings is 1. The molecule has 1 N–H and O–H groups in total. The zero-order chi connectivity index (χ0) is 14.7. The molecule has 21 heavy (non-hydrogen) atoms. The summed E-state index contributed by atoms with van der Waals surface area (Å²) in [6.07, 6.45) is 4.19. The van der Waals surface area contributed by atoms with Gasteiger partial charge in [0.2, 0.25) is 5.89 Å². The van der Waals surface area contributed by atoms with Gasteiger partial charge < -0.3 is 14.6 Å². The zero-order valence-corrected chi connectivity index (χ0v) is 12.7. The highest BCUT2D eigenvalue weighted by molar-refractivity contribution is 5.55. The highest BCUT2D eigenvalue weighted by atomic mass is 16.4. The van der Waals surface area contributed by atoms with Crippen LogP contribution in [0.25, 0.3) is 11.3 Å². The maximum Gasteiger partial charge on any atom is 0.211 e. The second-order valence-electron chi connectivity index (χ2n) is 5.89. The fourth-order valence-corrected chi connectivity index (χ4v) is 2.82. The molecule has 0 aliphatic carbocycles. The molecule has 1 unspecified atom stereocenters. The van der Waals surface area contributed by atoms with Gasteiger partial charge in [0.15, 0.2) is 5.76 Å². The van der Waals surface area contributed by atoms with Gasteiger partial charge in [0.1, 0.15) is 0 Å². The molecule has 1 aromatic carbocycles. The van der Waals surface area contributed by atoms with Gasteiger partial charge in [-0.05, 0) is 39.9 Å². The van der Waals surface area contributed by atoms with Crippen molar-refractivity contribution in [3.63, 3.8) is 0 Å². The lowest BCUT2D eigenvalue weighted by atomic mass is 10.0. The Morgan fingerprint density at radius 1 is 1.24 bits per heavy atom. The highest BCUT2D eigenvalue weighted by Crippen LogP contribution is 2.23. The SMILES string of the molecule is CC(NC1CCN(C)CC1)c1ncc(-c2ccccc2)o1. The molecule has 1 fully saturated rings. The third-order valence-corrected chi connectivity index (χ3v) is 4.16. The Morgan fingerprint density at radius 2 is 1.95 bits per heavy atom. The molecular weight excluding hydrogens is 262 g/mol. The van der Waals surface area contributed by atoms with Crippen molar-refractivity contribution >= 4 is 0 Å². The minimum atomic E-state index is 0.149. The number of likely N-dealkylation sites (tertiary alicyclic amines) is 1. The third kappa shape index (κ3) is 3.52. The predicted molar refractivity (Wildman–Crippen MR) is 84.0 cm³/mol. The molecule has 1 atom stereocenters. The molecule has 2 aromatic rings. The lowest BCUT2D eigenvalue weighted by Gasteiger charge is -2.30. The molecule has 1 aliphatic heterocycles. The van der Waals surface area contributed by atoms with Gasteiger partial charge in [0.25, 0.3) is 0 Å². The number of hydrogen-bond acceptors (Lipinski definition) is 4. The molecule has 4 nitrogen and oxygen atoms in total. The van der Waals surface area contributed by atoms with Crippen LogP contribution in [-0.2, 0) is 0 Å². The van der Waals surface area contributed by atoms with Crippen LogP contribution in [-0.4, -0.2) is 36.1 Å². The van der Waals surface area contributed by atoms with Crippen molar-refractivity contribution in [2.45, 2.75) is 31.8 Å².